The van der Waals surface area contributed by atoms with Crippen LogP contribution in [0.4, 0.5) is 11.4 Å². The summed E-state index contributed by atoms with van der Waals surface area (Å²) in [6, 6.07) is 6.43. The molecule has 1 aliphatic carbocycles. The normalized spacial score (nSPS) is 15.8. The zero-order valence-electron chi connectivity index (χ0n) is 9.72. The number of nitrogens with two attached hydrogens (primary N) is 1. The summed E-state index contributed by atoms with van der Waals surface area (Å²) in [5, 5.41) is 7.63. The Morgan fingerprint density at radius 2 is 1.94 bits per heavy atom. The maximum Gasteiger partial charge on any atom is 0.296 e. The van der Waals surface area contributed by atoms with E-state index in [1.807, 2.05) is 0 Å². The average Bonchev–Trinajstić information content (AvgIpc) is 2.11. The van der Waals surface area contributed by atoms with Crippen LogP contribution in [0.5, 0.6) is 0 Å². The summed E-state index contributed by atoms with van der Waals surface area (Å²) in [5.74, 6) is 0.0638. The Labute approximate surface area is 106 Å². The number of hydrogen-bond donors (Lipinski definition) is 3. The van der Waals surface area contributed by atoms with E-state index >= 15 is 0 Å². The van der Waals surface area contributed by atoms with Crippen molar-refractivity contribution in [1.29, 1.82) is 0 Å². The summed E-state index contributed by atoms with van der Waals surface area (Å²) >= 11 is 0. The summed E-state index contributed by atoms with van der Waals surface area (Å²) in [6.07, 6.45) is 2.92. The molecule has 1 fully saturated rings. The van der Waals surface area contributed by atoms with E-state index in [0.29, 0.717) is 11.4 Å². The van der Waals surface area contributed by atoms with Crippen LogP contribution in [-0.4, -0.2) is 14.3 Å². The third kappa shape index (κ3) is 3.44. The van der Waals surface area contributed by atoms with Gasteiger partial charge in [0.15, 0.2) is 0 Å². The third-order valence-corrected chi connectivity index (χ3v) is 3.39. The first-order valence-corrected chi connectivity index (χ1v) is 7.20. The molecule has 1 aliphatic rings. The van der Waals surface area contributed by atoms with Gasteiger partial charge in [-0.25, -0.2) is 5.14 Å². The smallest absolute Gasteiger partial charge is 0.296 e. The summed E-state index contributed by atoms with van der Waals surface area (Å²) in [7, 11) is -3.79. The molecule has 98 valence electrons. The minimum atomic E-state index is -3.79. The van der Waals surface area contributed by atoms with Gasteiger partial charge in [-0.15, -0.1) is 0 Å². The maximum atomic E-state index is 11.7. The molecule has 7 heteroatoms. The molecule has 2 rings (SSSR count). The number of carbonyl (C=O) groups is 1. The molecule has 0 aliphatic heterocycles. The molecule has 6 nitrogen and oxygen atoms in total. The second kappa shape index (κ2) is 4.95. The standard InChI is InChI=1S/C11H15N3O3S/c12-18(16,17)14-10-6-2-5-9(7-10)13-11(15)8-3-1-4-8/h2,5-8,14H,1,3-4H2,(H,13,15)(H2,12,16,17). The minimum absolute atomic E-state index is 0.0194. The van der Waals surface area contributed by atoms with Crippen molar-refractivity contribution in [2.45, 2.75) is 19.3 Å². The van der Waals surface area contributed by atoms with Gasteiger partial charge in [-0.3, -0.25) is 9.52 Å². The molecular weight excluding hydrogens is 254 g/mol. The number of hydrogen-bond acceptors (Lipinski definition) is 3. The zero-order chi connectivity index (χ0) is 13.2. The van der Waals surface area contributed by atoms with Crippen LogP contribution in [0.3, 0.4) is 0 Å². The lowest BCUT2D eigenvalue weighted by Gasteiger charge is -2.24. The number of rotatable bonds is 4. The molecule has 18 heavy (non-hydrogen) atoms. The monoisotopic (exact) mass is 269 g/mol. The first kappa shape index (κ1) is 12.8. The van der Waals surface area contributed by atoms with Crippen molar-refractivity contribution in [2.24, 2.45) is 11.1 Å². The summed E-state index contributed by atoms with van der Waals surface area (Å²) in [4.78, 5) is 11.7. The van der Waals surface area contributed by atoms with Crippen LogP contribution in [0.1, 0.15) is 19.3 Å². The van der Waals surface area contributed by atoms with E-state index in [9.17, 15) is 13.2 Å². The van der Waals surface area contributed by atoms with E-state index in [4.69, 9.17) is 5.14 Å². The fraction of sp³-hybridized carbons (Fsp3) is 0.364. The Morgan fingerprint density at radius 1 is 1.28 bits per heavy atom. The molecule has 0 radical (unpaired) electrons. The first-order valence-electron chi connectivity index (χ1n) is 5.65. The Balaban J connectivity index is 2.04. The summed E-state index contributed by atoms with van der Waals surface area (Å²) in [5.41, 5.74) is 0.879. The van der Waals surface area contributed by atoms with Crippen molar-refractivity contribution < 1.29 is 13.2 Å². The SMILES string of the molecule is NS(=O)(=O)Nc1cccc(NC(=O)C2CCC2)c1. The molecule has 1 aromatic carbocycles. The second-order valence-electron chi connectivity index (χ2n) is 4.34. The molecular formula is C11H15N3O3S. The Bertz CT molecular complexity index is 552. The minimum Gasteiger partial charge on any atom is -0.326 e. The van der Waals surface area contributed by atoms with E-state index in [0.717, 1.165) is 19.3 Å². The lowest BCUT2D eigenvalue weighted by Crippen LogP contribution is -2.28. The van der Waals surface area contributed by atoms with Crippen molar-refractivity contribution in [1.82, 2.24) is 0 Å². The average molecular weight is 269 g/mol. The highest BCUT2D eigenvalue weighted by Crippen LogP contribution is 2.28. The third-order valence-electron chi connectivity index (χ3n) is 2.87. The highest BCUT2D eigenvalue weighted by molar-refractivity contribution is 7.90. The fourth-order valence-electron chi connectivity index (χ4n) is 1.74. The van der Waals surface area contributed by atoms with E-state index < -0.39 is 10.2 Å². The van der Waals surface area contributed by atoms with Gasteiger partial charge in [-0.1, -0.05) is 12.5 Å². The van der Waals surface area contributed by atoms with E-state index in [-0.39, 0.29) is 11.8 Å². The van der Waals surface area contributed by atoms with Gasteiger partial charge in [-0.05, 0) is 31.0 Å². The number of carbonyl (C=O) groups excluding carboxylic acids is 1. The Hall–Kier alpha value is -1.60. The molecule has 0 unspecified atom stereocenters. The highest BCUT2D eigenvalue weighted by atomic mass is 32.2. The van der Waals surface area contributed by atoms with Gasteiger partial charge in [0.25, 0.3) is 10.2 Å². The van der Waals surface area contributed by atoms with Gasteiger partial charge in [-0.2, -0.15) is 8.42 Å². The van der Waals surface area contributed by atoms with Crippen LogP contribution in [0, 0.1) is 5.92 Å². The van der Waals surface area contributed by atoms with Gasteiger partial charge < -0.3 is 5.32 Å². The van der Waals surface area contributed by atoms with Gasteiger partial charge in [0, 0.05) is 11.6 Å². The quantitative estimate of drug-likeness (QED) is 0.761. The lowest BCUT2D eigenvalue weighted by atomic mass is 9.85. The molecule has 4 N–H and O–H groups in total. The van der Waals surface area contributed by atoms with Gasteiger partial charge in [0.1, 0.15) is 0 Å². The van der Waals surface area contributed by atoms with Crippen molar-refractivity contribution in [3.63, 3.8) is 0 Å². The van der Waals surface area contributed by atoms with Crippen LogP contribution in [0.25, 0.3) is 0 Å². The Morgan fingerprint density at radius 3 is 2.50 bits per heavy atom. The topological polar surface area (TPSA) is 101 Å². The number of amides is 1. The Kier molecular flexibility index (Phi) is 3.53. The molecule has 0 atom stereocenters. The maximum absolute atomic E-state index is 11.7. The van der Waals surface area contributed by atoms with Crippen LogP contribution in [0.15, 0.2) is 24.3 Å². The predicted octanol–water partition coefficient (Wildman–Crippen LogP) is 1.04. The van der Waals surface area contributed by atoms with Crippen molar-refractivity contribution in [2.75, 3.05) is 10.0 Å². The number of benzene rings is 1. The summed E-state index contributed by atoms with van der Waals surface area (Å²) in [6.45, 7) is 0. The molecule has 0 spiro atoms. The largest absolute Gasteiger partial charge is 0.326 e. The summed E-state index contributed by atoms with van der Waals surface area (Å²) < 4.78 is 23.9. The number of nitrogens with one attached hydrogen (secondary N) is 2. The van der Waals surface area contributed by atoms with E-state index in [1.165, 1.54) is 6.07 Å². The zero-order valence-corrected chi connectivity index (χ0v) is 10.5. The second-order valence-corrected chi connectivity index (χ2v) is 5.64. The van der Waals surface area contributed by atoms with E-state index in [1.54, 1.807) is 18.2 Å². The first-order chi connectivity index (χ1) is 8.44. The molecule has 0 aromatic heterocycles. The molecule has 0 saturated heterocycles. The fourth-order valence-corrected chi connectivity index (χ4v) is 2.19. The van der Waals surface area contributed by atoms with Crippen LogP contribution >= 0.6 is 0 Å². The molecule has 1 saturated carbocycles. The van der Waals surface area contributed by atoms with Crippen molar-refractivity contribution in [3.8, 4) is 0 Å². The van der Waals surface area contributed by atoms with Crippen LogP contribution < -0.4 is 15.2 Å². The van der Waals surface area contributed by atoms with Crippen LogP contribution in [0.2, 0.25) is 0 Å². The molecule has 1 aromatic rings. The van der Waals surface area contributed by atoms with Gasteiger partial charge in [0.2, 0.25) is 5.91 Å². The lowest BCUT2D eigenvalue weighted by molar-refractivity contribution is -0.122. The van der Waals surface area contributed by atoms with Gasteiger partial charge in [0.05, 0.1) is 5.69 Å². The number of anilines is 2. The predicted molar refractivity (Wildman–Crippen MR) is 69.1 cm³/mol. The van der Waals surface area contributed by atoms with E-state index in [2.05, 4.69) is 10.0 Å². The molecule has 0 heterocycles. The highest BCUT2D eigenvalue weighted by Gasteiger charge is 2.25. The van der Waals surface area contributed by atoms with Gasteiger partial charge >= 0.3 is 0 Å². The molecule has 1 amide bonds. The van der Waals surface area contributed by atoms with Crippen molar-refractivity contribution in [3.05, 3.63) is 24.3 Å². The van der Waals surface area contributed by atoms with Crippen LogP contribution in [-0.2, 0) is 15.0 Å². The molecule has 0 bridgehead atoms. The van der Waals surface area contributed by atoms with Crippen molar-refractivity contribution >= 4 is 27.5 Å².